The van der Waals surface area contributed by atoms with Gasteiger partial charge in [0.05, 0.1) is 6.33 Å². The molecule has 0 aliphatic carbocycles. The molecule has 1 aromatic heterocycles. The Morgan fingerprint density at radius 3 is 2.71 bits per heavy atom. The molecule has 0 unspecified atom stereocenters. The Bertz CT molecular complexity index is 664. The van der Waals surface area contributed by atoms with Crippen molar-refractivity contribution in [2.24, 2.45) is 0 Å². The largest absolute Gasteiger partial charge is 0.354 e. The summed E-state index contributed by atoms with van der Waals surface area (Å²) in [7, 11) is 0. The van der Waals surface area contributed by atoms with E-state index in [1.54, 1.807) is 6.07 Å². The Labute approximate surface area is 128 Å². The Hall–Kier alpha value is -1.85. The number of piperazine rings is 1. The predicted octanol–water partition coefficient (Wildman–Crippen LogP) is 1.75. The van der Waals surface area contributed by atoms with Crippen LogP contribution in [-0.2, 0) is 6.54 Å². The Kier molecular flexibility index (Phi) is 4.22. The molecule has 1 fully saturated rings. The molecule has 0 spiro atoms. The molecule has 1 N–H and O–H groups in total. The second kappa shape index (κ2) is 6.28. The molecule has 6 heteroatoms. The van der Waals surface area contributed by atoms with Gasteiger partial charge < -0.3 is 9.88 Å². The minimum absolute atomic E-state index is 0.110. The van der Waals surface area contributed by atoms with Gasteiger partial charge in [0.25, 0.3) is 5.56 Å². The van der Waals surface area contributed by atoms with Crippen molar-refractivity contribution in [2.45, 2.75) is 6.54 Å². The van der Waals surface area contributed by atoms with Crippen LogP contribution < -0.4 is 10.5 Å². The lowest BCUT2D eigenvalue weighted by atomic mass is 10.2. The summed E-state index contributed by atoms with van der Waals surface area (Å²) in [4.78, 5) is 22.6. The first-order valence-electron chi connectivity index (χ1n) is 6.97. The van der Waals surface area contributed by atoms with Gasteiger partial charge in [0, 0.05) is 43.8 Å². The first-order chi connectivity index (χ1) is 10.2. The van der Waals surface area contributed by atoms with Gasteiger partial charge in [0.15, 0.2) is 0 Å². The molecule has 1 aliphatic rings. The van der Waals surface area contributed by atoms with Crippen LogP contribution in [0.4, 0.5) is 5.82 Å². The quantitative estimate of drug-likeness (QED) is 0.938. The van der Waals surface area contributed by atoms with Crippen molar-refractivity contribution in [1.82, 2.24) is 14.9 Å². The van der Waals surface area contributed by atoms with Gasteiger partial charge in [-0.05, 0) is 17.7 Å². The van der Waals surface area contributed by atoms with Crippen LogP contribution in [-0.4, -0.2) is 41.0 Å². The van der Waals surface area contributed by atoms with Gasteiger partial charge in [0.1, 0.15) is 5.82 Å². The lowest BCUT2D eigenvalue weighted by molar-refractivity contribution is 0.249. The van der Waals surface area contributed by atoms with E-state index in [1.807, 2.05) is 18.2 Å². The van der Waals surface area contributed by atoms with Crippen LogP contribution in [0.3, 0.4) is 0 Å². The van der Waals surface area contributed by atoms with Crippen molar-refractivity contribution in [3.63, 3.8) is 0 Å². The molecule has 2 heterocycles. The third-order valence-electron chi connectivity index (χ3n) is 3.66. The molecule has 5 nitrogen and oxygen atoms in total. The smallest absolute Gasteiger partial charge is 0.252 e. The van der Waals surface area contributed by atoms with Crippen molar-refractivity contribution >= 4 is 17.4 Å². The summed E-state index contributed by atoms with van der Waals surface area (Å²) >= 11 is 6.01. The highest BCUT2D eigenvalue weighted by Crippen LogP contribution is 2.15. The van der Waals surface area contributed by atoms with E-state index in [1.165, 1.54) is 11.9 Å². The first-order valence-corrected chi connectivity index (χ1v) is 7.35. The monoisotopic (exact) mass is 304 g/mol. The van der Waals surface area contributed by atoms with E-state index < -0.39 is 0 Å². The van der Waals surface area contributed by atoms with Crippen LogP contribution in [0.5, 0.6) is 0 Å². The molecule has 1 aromatic carbocycles. The van der Waals surface area contributed by atoms with E-state index in [9.17, 15) is 4.79 Å². The second-order valence-electron chi connectivity index (χ2n) is 5.16. The lowest BCUT2D eigenvalue weighted by Gasteiger charge is -2.35. The topological polar surface area (TPSA) is 52.2 Å². The van der Waals surface area contributed by atoms with Crippen LogP contribution >= 0.6 is 11.6 Å². The Balaban J connectivity index is 1.59. The van der Waals surface area contributed by atoms with E-state index in [-0.39, 0.29) is 5.56 Å². The number of H-pyrrole nitrogens is 1. The van der Waals surface area contributed by atoms with Gasteiger partial charge in [-0.3, -0.25) is 9.69 Å². The number of rotatable bonds is 3. The maximum absolute atomic E-state index is 11.3. The maximum Gasteiger partial charge on any atom is 0.252 e. The van der Waals surface area contributed by atoms with Crippen LogP contribution in [0.25, 0.3) is 0 Å². The number of nitrogens with zero attached hydrogens (tertiary/aromatic N) is 3. The highest BCUT2D eigenvalue weighted by molar-refractivity contribution is 6.30. The number of halogens is 1. The summed E-state index contributed by atoms with van der Waals surface area (Å²) in [6, 6.07) is 9.52. The van der Waals surface area contributed by atoms with E-state index >= 15 is 0 Å². The molecule has 0 atom stereocenters. The molecule has 1 saturated heterocycles. The van der Waals surface area contributed by atoms with Crippen LogP contribution in [0, 0.1) is 0 Å². The lowest BCUT2D eigenvalue weighted by Crippen LogP contribution is -2.46. The third kappa shape index (κ3) is 3.62. The van der Waals surface area contributed by atoms with Crippen molar-refractivity contribution in [2.75, 3.05) is 31.1 Å². The molecule has 21 heavy (non-hydrogen) atoms. The second-order valence-corrected chi connectivity index (χ2v) is 5.60. The normalized spacial score (nSPS) is 16.1. The molecule has 3 rings (SSSR count). The Morgan fingerprint density at radius 1 is 1.19 bits per heavy atom. The number of aromatic nitrogens is 2. The number of hydrogen-bond acceptors (Lipinski definition) is 4. The van der Waals surface area contributed by atoms with Crippen molar-refractivity contribution in [1.29, 1.82) is 0 Å². The molecule has 2 aromatic rings. The van der Waals surface area contributed by atoms with Gasteiger partial charge in [-0.1, -0.05) is 23.7 Å². The zero-order chi connectivity index (χ0) is 14.7. The van der Waals surface area contributed by atoms with Gasteiger partial charge in [-0.2, -0.15) is 0 Å². The number of anilines is 1. The maximum atomic E-state index is 11.3. The van der Waals surface area contributed by atoms with Crippen molar-refractivity contribution in [3.05, 3.63) is 57.6 Å². The molecule has 110 valence electrons. The average Bonchev–Trinajstić information content (AvgIpc) is 2.48. The van der Waals surface area contributed by atoms with Crippen molar-refractivity contribution in [3.8, 4) is 0 Å². The van der Waals surface area contributed by atoms with Gasteiger partial charge in [0.2, 0.25) is 0 Å². The summed E-state index contributed by atoms with van der Waals surface area (Å²) in [5.74, 6) is 0.751. The summed E-state index contributed by atoms with van der Waals surface area (Å²) in [5, 5.41) is 0.777. The van der Waals surface area contributed by atoms with E-state index in [0.717, 1.165) is 43.6 Å². The fourth-order valence-electron chi connectivity index (χ4n) is 2.56. The van der Waals surface area contributed by atoms with Crippen LogP contribution in [0.1, 0.15) is 5.56 Å². The number of aromatic amines is 1. The van der Waals surface area contributed by atoms with E-state index in [0.29, 0.717) is 0 Å². The highest BCUT2D eigenvalue weighted by atomic mass is 35.5. The van der Waals surface area contributed by atoms with Gasteiger partial charge >= 0.3 is 0 Å². The number of benzene rings is 1. The minimum Gasteiger partial charge on any atom is -0.354 e. The summed E-state index contributed by atoms with van der Waals surface area (Å²) < 4.78 is 0. The summed E-state index contributed by atoms with van der Waals surface area (Å²) in [5.41, 5.74) is 1.12. The molecule has 0 radical (unpaired) electrons. The van der Waals surface area contributed by atoms with Gasteiger partial charge in [-0.25, -0.2) is 4.98 Å². The third-order valence-corrected chi connectivity index (χ3v) is 3.89. The van der Waals surface area contributed by atoms with Crippen molar-refractivity contribution < 1.29 is 0 Å². The Morgan fingerprint density at radius 2 is 2.00 bits per heavy atom. The molecular weight excluding hydrogens is 288 g/mol. The summed E-state index contributed by atoms with van der Waals surface area (Å²) in [6.07, 6.45) is 1.45. The number of hydrogen-bond donors (Lipinski definition) is 1. The highest BCUT2D eigenvalue weighted by Gasteiger charge is 2.18. The molecular formula is C15H17ClN4O. The SMILES string of the molecule is O=c1cc(N2CCN(Cc3cccc(Cl)c3)CC2)nc[nH]1. The first kappa shape index (κ1) is 14.1. The molecule has 0 saturated carbocycles. The zero-order valence-corrected chi connectivity index (χ0v) is 12.4. The summed E-state index contributed by atoms with van der Waals surface area (Å²) in [6.45, 7) is 4.53. The molecule has 0 bridgehead atoms. The standard InChI is InChI=1S/C15H17ClN4O/c16-13-3-1-2-12(8-13)10-19-4-6-20(7-5-19)14-9-15(21)18-11-17-14/h1-3,8-9,11H,4-7,10H2,(H,17,18,21). The predicted molar refractivity (Wildman–Crippen MR) is 83.8 cm³/mol. The molecule has 0 amide bonds. The molecule has 1 aliphatic heterocycles. The fraction of sp³-hybridized carbons (Fsp3) is 0.333. The van der Waals surface area contributed by atoms with Crippen LogP contribution in [0.15, 0.2) is 41.5 Å². The zero-order valence-electron chi connectivity index (χ0n) is 11.6. The fourth-order valence-corrected chi connectivity index (χ4v) is 2.77. The van der Waals surface area contributed by atoms with E-state index in [2.05, 4.69) is 25.8 Å². The average molecular weight is 305 g/mol. The van der Waals surface area contributed by atoms with Gasteiger partial charge in [-0.15, -0.1) is 0 Å². The number of nitrogens with one attached hydrogen (secondary N) is 1. The van der Waals surface area contributed by atoms with Crippen LogP contribution in [0.2, 0.25) is 5.02 Å². The minimum atomic E-state index is -0.110. The van der Waals surface area contributed by atoms with E-state index in [4.69, 9.17) is 11.6 Å².